The van der Waals surface area contributed by atoms with Gasteiger partial charge >= 0.3 is 6.09 Å². The van der Waals surface area contributed by atoms with E-state index in [-0.39, 0.29) is 35.6 Å². The molecule has 1 atom stereocenters. The monoisotopic (exact) mass is 464 g/mol. The first kappa shape index (κ1) is 26.1. The van der Waals surface area contributed by atoms with E-state index >= 15 is 0 Å². The van der Waals surface area contributed by atoms with E-state index in [9.17, 15) is 18.3 Å². The molecule has 7 nitrogen and oxygen atoms in total. The molecule has 0 aliphatic carbocycles. The van der Waals surface area contributed by atoms with Crippen molar-refractivity contribution in [3.8, 4) is 0 Å². The zero-order chi connectivity index (χ0) is 24.1. The largest absolute Gasteiger partial charge is 0.444 e. The summed E-state index contributed by atoms with van der Waals surface area (Å²) in [4.78, 5) is 18.8. The number of ether oxygens (including phenoxy) is 1. The Balaban J connectivity index is 2.33. The van der Waals surface area contributed by atoms with Crippen LogP contribution in [-0.4, -0.2) is 60.6 Å². The third-order valence-corrected chi connectivity index (χ3v) is 7.26. The molecule has 0 saturated heterocycles. The maximum absolute atomic E-state index is 13.5. The Kier molecular flexibility index (Phi) is 8.65. The van der Waals surface area contributed by atoms with Crippen LogP contribution in [0.5, 0.6) is 0 Å². The zero-order valence-electron chi connectivity index (χ0n) is 20.0. The second-order valence-electron chi connectivity index (χ2n) is 9.54. The molecule has 1 aromatic carbocycles. The van der Waals surface area contributed by atoms with E-state index in [0.29, 0.717) is 18.4 Å². The van der Waals surface area contributed by atoms with Gasteiger partial charge in [0.05, 0.1) is 10.6 Å². The molecule has 2 rings (SSSR count). The molecule has 0 aliphatic rings. The van der Waals surface area contributed by atoms with E-state index in [0.717, 1.165) is 11.1 Å². The van der Waals surface area contributed by atoms with Crippen molar-refractivity contribution in [1.29, 1.82) is 0 Å². The molecule has 0 radical (unpaired) electrons. The average molecular weight is 465 g/mol. The number of carbonyl (C=O) groups excluding carboxylic acids is 1. The van der Waals surface area contributed by atoms with Crippen molar-refractivity contribution < 1.29 is 23.1 Å². The summed E-state index contributed by atoms with van der Waals surface area (Å²) < 4.78 is 32.5. The lowest BCUT2D eigenvalue weighted by Gasteiger charge is -2.31. The third-order valence-electron chi connectivity index (χ3n) is 5.37. The van der Waals surface area contributed by atoms with Gasteiger partial charge in [-0.2, -0.15) is 0 Å². The predicted octanol–water partition coefficient (Wildman–Crippen LogP) is 4.21. The molecule has 1 heterocycles. The van der Waals surface area contributed by atoms with Gasteiger partial charge in [-0.05, 0) is 58.1 Å². The van der Waals surface area contributed by atoms with Crippen LogP contribution >= 0.6 is 0 Å². The van der Waals surface area contributed by atoms with Gasteiger partial charge in [0.2, 0.25) is 0 Å². The molecular weight excluding hydrogens is 428 g/mol. The van der Waals surface area contributed by atoms with Crippen molar-refractivity contribution in [1.82, 2.24) is 9.88 Å². The number of amides is 1. The van der Waals surface area contributed by atoms with Crippen LogP contribution in [0.2, 0.25) is 0 Å². The number of hydrogen-bond donors (Lipinski definition) is 1. The average Bonchev–Trinajstić information content (AvgIpc) is 2.68. The summed E-state index contributed by atoms with van der Waals surface area (Å²) in [7, 11) is -3.63. The van der Waals surface area contributed by atoms with Gasteiger partial charge in [0.1, 0.15) is 5.60 Å². The molecule has 0 aliphatic heterocycles. The van der Waals surface area contributed by atoms with Crippen molar-refractivity contribution in [2.24, 2.45) is 11.8 Å². The Labute approximate surface area is 191 Å². The lowest BCUT2D eigenvalue weighted by atomic mass is 9.97. The van der Waals surface area contributed by atoms with Gasteiger partial charge < -0.3 is 14.7 Å². The van der Waals surface area contributed by atoms with Gasteiger partial charge in [0.15, 0.2) is 9.84 Å². The third kappa shape index (κ3) is 6.90. The van der Waals surface area contributed by atoms with Gasteiger partial charge in [-0.25, -0.2) is 13.2 Å². The van der Waals surface area contributed by atoms with Crippen LogP contribution in [0.3, 0.4) is 0 Å². The van der Waals surface area contributed by atoms with Crippen LogP contribution < -0.4 is 0 Å². The van der Waals surface area contributed by atoms with E-state index in [1.807, 2.05) is 26.8 Å². The van der Waals surface area contributed by atoms with E-state index in [2.05, 4.69) is 4.98 Å². The lowest BCUT2D eigenvalue weighted by Crippen LogP contribution is -2.42. The molecule has 1 N–H and O–H groups in total. The van der Waals surface area contributed by atoms with Crippen molar-refractivity contribution in [2.45, 2.75) is 58.5 Å². The van der Waals surface area contributed by atoms with Gasteiger partial charge in [0, 0.05) is 42.4 Å². The number of benzene rings is 1. The summed E-state index contributed by atoms with van der Waals surface area (Å²) in [6.45, 7) is 11.6. The van der Waals surface area contributed by atoms with E-state index in [1.165, 1.54) is 4.90 Å². The number of carbonyl (C=O) groups is 1. The quantitative estimate of drug-likeness (QED) is 0.597. The number of pyridine rings is 1. The molecule has 0 bridgehead atoms. The summed E-state index contributed by atoms with van der Waals surface area (Å²) in [5.74, 6) is -0.379. The number of aromatic nitrogens is 1. The van der Waals surface area contributed by atoms with Crippen molar-refractivity contribution in [3.63, 3.8) is 0 Å². The molecule has 1 unspecified atom stereocenters. The molecule has 0 saturated carbocycles. The van der Waals surface area contributed by atoms with Crippen molar-refractivity contribution in [3.05, 3.63) is 36.2 Å². The summed E-state index contributed by atoms with van der Waals surface area (Å²) >= 11 is 0. The maximum Gasteiger partial charge on any atom is 0.410 e. The predicted molar refractivity (Wildman–Crippen MR) is 126 cm³/mol. The van der Waals surface area contributed by atoms with E-state index in [4.69, 9.17) is 4.74 Å². The molecular formula is C24H36N2O5S. The highest BCUT2D eigenvalue weighted by Crippen LogP contribution is 2.28. The lowest BCUT2D eigenvalue weighted by molar-refractivity contribution is 0.0202. The highest BCUT2D eigenvalue weighted by Gasteiger charge is 2.30. The first-order valence-corrected chi connectivity index (χ1v) is 12.7. The number of aryl methyl sites for hydroxylation is 1. The van der Waals surface area contributed by atoms with Crippen molar-refractivity contribution in [2.75, 3.05) is 25.4 Å². The standard InChI is InChI=1S/C24H36N2O5S/c1-17(2)19(15-26(13-8-14-27)23(28)31-24(4,5)6)16-32(29,30)22-10-7-9-20-18(3)25-12-11-21(20)22/h7,9-12,17,19,27H,8,13-16H2,1-6H3. The minimum Gasteiger partial charge on any atom is -0.444 e. The summed E-state index contributed by atoms with van der Waals surface area (Å²) in [5.41, 5.74) is 0.114. The Bertz CT molecular complexity index is 1030. The van der Waals surface area contributed by atoms with Gasteiger partial charge in [-0.1, -0.05) is 26.0 Å². The summed E-state index contributed by atoms with van der Waals surface area (Å²) in [6.07, 6.45) is 1.52. The van der Waals surface area contributed by atoms with Crippen LogP contribution in [-0.2, 0) is 14.6 Å². The van der Waals surface area contributed by atoms with Crippen LogP contribution in [0.15, 0.2) is 35.4 Å². The molecule has 0 spiro atoms. The fraction of sp³-hybridized carbons (Fsp3) is 0.583. The van der Waals surface area contributed by atoms with Crippen LogP contribution in [0.4, 0.5) is 4.79 Å². The molecule has 1 aromatic heterocycles. The smallest absolute Gasteiger partial charge is 0.410 e. The zero-order valence-corrected chi connectivity index (χ0v) is 20.8. The minimum atomic E-state index is -3.63. The number of aliphatic hydroxyl groups excluding tert-OH is 1. The second kappa shape index (κ2) is 10.6. The van der Waals surface area contributed by atoms with Crippen LogP contribution in [0.1, 0.15) is 46.7 Å². The highest BCUT2D eigenvalue weighted by molar-refractivity contribution is 7.91. The Morgan fingerprint density at radius 3 is 2.47 bits per heavy atom. The fourth-order valence-electron chi connectivity index (χ4n) is 3.55. The number of aliphatic hydroxyl groups is 1. The normalized spacial score (nSPS) is 13.4. The van der Waals surface area contributed by atoms with E-state index in [1.54, 1.807) is 45.2 Å². The number of hydrogen-bond acceptors (Lipinski definition) is 6. The fourth-order valence-corrected chi connectivity index (χ4v) is 5.58. The topological polar surface area (TPSA) is 96.8 Å². The number of sulfone groups is 1. The molecule has 2 aromatic rings. The number of nitrogens with zero attached hydrogens (tertiary/aromatic N) is 2. The number of rotatable bonds is 9. The van der Waals surface area contributed by atoms with Gasteiger partial charge in [-0.15, -0.1) is 0 Å². The van der Waals surface area contributed by atoms with Crippen LogP contribution in [0, 0.1) is 18.8 Å². The van der Waals surface area contributed by atoms with Gasteiger partial charge in [-0.3, -0.25) is 4.98 Å². The number of fused-ring (bicyclic) bond motifs is 1. The first-order valence-electron chi connectivity index (χ1n) is 11.0. The summed E-state index contributed by atoms with van der Waals surface area (Å²) in [5, 5.41) is 10.7. The SMILES string of the molecule is Cc1nccc2c(S(=O)(=O)CC(CN(CCCO)C(=O)OC(C)(C)C)C(C)C)cccc12. The first-order chi connectivity index (χ1) is 14.9. The molecule has 8 heteroatoms. The van der Waals surface area contributed by atoms with Crippen molar-refractivity contribution >= 4 is 26.7 Å². The Morgan fingerprint density at radius 2 is 1.88 bits per heavy atom. The minimum absolute atomic E-state index is 0.0159. The second-order valence-corrected chi connectivity index (χ2v) is 11.5. The van der Waals surface area contributed by atoms with Crippen LogP contribution in [0.25, 0.3) is 10.8 Å². The summed E-state index contributed by atoms with van der Waals surface area (Å²) in [6, 6.07) is 6.97. The molecule has 1 amide bonds. The van der Waals surface area contributed by atoms with Gasteiger partial charge in [0.25, 0.3) is 0 Å². The Hall–Kier alpha value is -2.19. The molecule has 178 valence electrons. The maximum atomic E-state index is 13.5. The molecule has 0 fully saturated rings. The molecule has 32 heavy (non-hydrogen) atoms. The Morgan fingerprint density at radius 1 is 1.19 bits per heavy atom. The highest BCUT2D eigenvalue weighted by atomic mass is 32.2. The van der Waals surface area contributed by atoms with E-state index < -0.39 is 21.5 Å².